The third-order valence-electron chi connectivity index (χ3n) is 5.99. The second kappa shape index (κ2) is 11.3. The van der Waals surface area contributed by atoms with Gasteiger partial charge in [-0.15, -0.1) is 35.3 Å². The number of likely N-dealkylation sites (tertiary alicyclic amines) is 1. The topological polar surface area (TPSA) is 61.0 Å². The molecule has 8 heteroatoms. The molecule has 0 saturated carbocycles. The maximum atomic E-state index is 6.30. The van der Waals surface area contributed by atoms with Crippen LogP contribution in [0.2, 0.25) is 0 Å². The average molecular weight is 541 g/mol. The predicted molar refractivity (Wildman–Crippen MR) is 137 cm³/mol. The van der Waals surface area contributed by atoms with Crippen LogP contribution in [0.1, 0.15) is 30.9 Å². The van der Waals surface area contributed by atoms with Gasteiger partial charge in [-0.25, -0.2) is 9.98 Å². The minimum absolute atomic E-state index is 0. The van der Waals surface area contributed by atoms with Crippen LogP contribution in [0.3, 0.4) is 0 Å². The second-order valence-corrected chi connectivity index (χ2v) is 9.11. The van der Waals surface area contributed by atoms with Crippen LogP contribution in [0, 0.1) is 5.92 Å². The molecule has 0 aliphatic carbocycles. The van der Waals surface area contributed by atoms with Gasteiger partial charge in [0.05, 0.1) is 6.54 Å². The highest BCUT2D eigenvalue weighted by Crippen LogP contribution is 2.20. The van der Waals surface area contributed by atoms with E-state index in [2.05, 4.69) is 55.9 Å². The fraction of sp³-hybridized carbons (Fsp3) is 0.545. The van der Waals surface area contributed by atoms with Gasteiger partial charge in [-0.05, 0) is 43.0 Å². The van der Waals surface area contributed by atoms with Gasteiger partial charge in [-0.3, -0.25) is 4.90 Å². The van der Waals surface area contributed by atoms with Crippen LogP contribution in [0.25, 0.3) is 0 Å². The van der Waals surface area contributed by atoms with Crippen LogP contribution in [0.4, 0.5) is 5.13 Å². The summed E-state index contributed by atoms with van der Waals surface area (Å²) in [6, 6.07) is 8.82. The summed E-state index contributed by atoms with van der Waals surface area (Å²) in [6.07, 6.45) is 4.49. The van der Waals surface area contributed by atoms with Crippen molar-refractivity contribution >= 4 is 46.4 Å². The highest BCUT2D eigenvalue weighted by atomic mass is 127. The molecule has 2 aliphatic rings. The Morgan fingerprint density at radius 2 is 1.87 bits per heavy atom. The first kappa shape index (κ1) is 23.3. The molecule has 0 bridgehead atoms. The van der Waals surface area contributed by atoms with Gasteiger partial charge in [0.25, 0.3) is 0 Å². The zero-order valence-corrected chi connectivity index (χ0v) is 20.9. The third kappa shape index (κ3) is 6.31. The molecule has 0 radical (unpaired) electrons. The predicted octanol–water partition coefficient (Wildman–Crippen LogP) is 3.63. The number of nitrogens with zero attached hydrogens (tertiary/aromatic N) is 5. The number of piperidine rings is 1. The molecule has 6 nitrogen and oxygen atoms in total. The molecular formula is C22H33IN6S. The molecule has 0 atom stereocenters. The maximum absolute atomic E-state index is 6.30. The minimum atomic E-state index is 0. The van der Waals surface area contributed by atoms with Gasteiger partial charge in [0, 0.05) is 44.3 Å². The second-order valence-electron chi connectivity index (χ2n) is 8.24. The van der Waals surface area contributed by atoms with Crippen LogP contribution in [0.15, 0.2) is 40.8 Å². The lowest BCUT2D eigenvalue weighted by molar-refractivity contribution is 0.185. The Morgan fingerprint density at radius 1 is 1.13 bits per heavy atom. The van der Waals surface area contributed by atoms with Crippen molar-refractivity contribution in [3.05, 3.63) is 47.0 Å². The summed E-state index contributed by atoms with van der Waals surface area (Å²) in [5.74, 6) is 1.53. The number of hydrogen-bond acceptors (Lipinski definition) is 5. The molecule has 0 amide bonds. The molecule has 3 heterocycles. The number of anilines is 1. The van der Waals surface area contributed by atoms with E-state index in [1.165, 1.54) is 37.1 Å². The van der Waals surface area contributed by atoms with Crippen molar-refractivity contribution < 1.29 is 0 Å². The first-order valence-electron chi connectivity index (χ1n) is 10.7. The van der Waals surface area contributed by atoms with Crippen LogP contribution in [0.5, 0.6) is 0 Å². The highest BCUT2D eigenvalue weighted by molar-refractivity contribution is 14.0. The van der Waals surface area contributed by atoms with E-state index in [0.717, 1.165) is 43.8 Å². The van der Waals surface area contributed by atoms with Gasteiger partial charge in [0.1, 0.15) is 0 Å². The third-order valence-corrected chi connectivity index (χ3v) is 6.82. The molecule has 2 N–H and O–H groups in total. The van der Waals surface area contributed by atoms with Crippen LogP contribution in [-0.2, 0) is 13.1 Å². The van der Waals surface area contributed by atoms with Crippen molar-refractivity contribution in [3.8, 4) is 0 Å². The molecule has 30 heavy (non-hydrogen) atoms. The lowest BCUT2D eigenvalue weighted by Gasteiger charge is -2.35. The summed E-state index contributed by atoms with van der Waals surface area (Å²) in [6.45, 7) is 10.1. The number of hydrogen-bond donors (Lipinski definition) is 1. The van der Waals surface area contributed by atoms with Gasteiger partial charge in [-0.2, -0.15) is 0 Å². The van der Waals surface area contributed by atoms with E-state index < -0.39 is 0 Å². The van der Waals surface area contributed by atoms with Gasteiger partial charge in [0.15, 0.2) is 11.1 Å². The minimum Gasteiger partial charge on any atom is -0.370 e. The molecule has 1 aromatic heterocycles. The Balaban J connectivity index is 0.00000256. The summed E-state index contributed by atoms with van der Waals surface area (Å²) in [5, 5.41) is 3.12. The lowest BCUT2D eigenvalue weighted by Crippen LogP contribution is -2.51. The largest absolute Gasteiger partial charge is 0.370 e. The van der Waals surface area contributed by atoms with E-state index in [0.29, 0.717) is 12.5 Å². The average Bonchev–Trinajstić information content (AvgIpc) is 3.29. The Labute approximate surface area is 201 Å². The number of nitrogens with two attached hydrogens (primary N) is 1. The van der Waals surface area contributed by atoms with Crippen molar-refractivity contribution in [2.24, 2.45) is 16.6 Å². The van der Waals surface area contributed by atoms with E-state index in [9.17, 15) is 0 Å². The number of halogens is 1. The molecule has 0 unspecified atom stereocenters. The highest BCUT2D eigenvalue weighted by Gasteiger charge is 2.20. The smallest absolute Gasteiger partial charge is 0.191 e. The Kier molecular flexibility index (Phi) is 8.76. The van der Waals surface area contributed by atoms with Gasteiger partial charge in [-0.1, -0.05) is 31.2 Å². The number of piperazine rings is 1. The number of aromatic nitrogens is 1. The monoisotopic (exact) mass is 540 g/mol. The molecular weight excluding hydrogens is 507 g/mol. The van der Waals surface area contributed by atoms with Crippen LogP contribution < -0.4 is 10.6 Å². The Morgan fingerprint density at radius 3 is 2.57 bits per heavy atom. The molecule has 4 rings (SSSR count). The standard InChI is InChI=1S/C22H32N6S.HI/c1-18-5-8-26(9-6-18)17-20-4-2-3-19(15-20)16-25-21(23)27-10-12-28(13-11-27)22-24-7-14-29-22;/h2-4,7,14-15,18H,5-6,8-13,16-17H2,1H3,(H2,23,25);1H. The van der Waals surface area contributed by atoms with E-state index in [-0.39, 0.29) is 24.0 Å². The first-order chi connectivity index (χ1) is 14.2. The summed E-state index contributed by atoms with van der Waals surface area (Å²) < 4.78 is 0. The van der Waals surface area contributed by atoms with E-state index >= 15 is 0 Å². The van der Waals surface area contributed by atoms with Crippen molar-refractivity contribution in [2.45, 2.75) is 32.9 Å². The molecule has 2 saturated heterocycles. The summed E-state index contributed by atoms with van der Waals surface area (Å²) >= 11 is 1.69. The number of aliphatic imine (C=N–C) groups is 1. The van der Waals surface area contributed by atoms with Gasteiger partial charge in [0.2, 0.25) is 0 Å². The zero-order chi connectivity index (χ0) is 20.1. The Hall–Kier alpha value is -1.39. The number of benzene rings is 1. The van der Waals surface area contributed by atoms with Crippen LogP contribution in [-0.4, -0.2) is 60.0 Å². The SMILES string of the molecule is CC1CCN(Cc2cccc(CN=C(N)N3CCN(c4nccs4)CC3)c2)CC1.I. The molecule has 2 aliphatic heterocycles. The fourth-order valence-corrected chi connectivity index (χ4v) is 4.77. The Bertz CT molecular complexity index is 796. The summed E-state index contributed by atoms with van der Waals surface area (Å²) in [7, 11) is 0. The molecule has 164 valence electrons. The van der Waals surface area contributed by atoms with Crippen molar-refractivity contribution in [3.63, 3.8) is 0 Å². The zero-order valence-electron chi connectivity index (χ0n) is 17.7. The van der Waals surface area contributed by atoms with E-state index in [1.54, 1.807) is 11.3 Å². The van der Waals surface area contributed by atoms with Gasteiger partial charge >= 0.3 is 0 Å². The number of rotatable bonds is 5. The first-order valence-corrected chi connectivity index (χ1v) is 11.5. The van der Waals surface area contributed by atoms with E-state index in [1.807, 2.05) is 11.6 Å². The lowest BCUT2D eigenvalue weighted by atomic mass is 9.98. The molecule has 2 aromatic rings. The summed E-state index contributed by atoms with van der Waals surface area (Å²) in [5.41, 5.74) is 8.91. The fourth-order valence-electron chi connectivity index (χ4n) is 4.08. The van der Waals surface area contributed by atoms with Crippen LogP contribution >= 0.6 is 35.3 Å². The quantitative estimate of drug-likeness (QED) is 0.357. The van der Waals surface area contributed by atoms with Crippen molar-refractivity contribution in [1.82, 2.24) is 14.8 Å². The summed E-state index contributed by atoms with van der Waals surface area (Å²) in [4.78, 5) is 16.1. The number of thiazole rings is 1. The normalized spacial score (nSPS) is 19.0. The number of guanidine groups is 1. The van der Waals surface area contributed by atoms with E-state index in [4.69, 9.17) is 5.73 Å². The van der Waals surface area contributed by atoms with Crippen molar-refractivity contribution in [2.75, 3.05) is 44.2 Å². The van der Waals surface area contributed by atoms with Gasteiger partial charge < -0.3 is 15.5 Å². The molecule has 0 spiro atoms. The molecule has 2 fully saturated rings. The molecule has 1 aromatic carbocycles. The van der Waals surface area contributed by atoms with Crippen molar-refractivity contribution in [1.29, 1.82) is 0 Å². The maximum Gasteiger partial charge on any atom is 0.191 e.